The summed E-state index contributed by atoms with van der Waals surface area (Å²) in [6, 6.07) is 40.1. The maximum atomic E-state index is 5.05. The van der Waals surface area contributed by atoms with Gasteiger partial charge in [-0.1, -0.05) is 105 Å². The van der Waals surface area contributed by atoms with Gasteiger partial charge in [-0.05, 0) is 98.8 Å². The fourth-order valence-corrected chi connectivity index (χ4v) is 7.56. The summed E-state index contributed by atoms with van der Waals surface area (Å²) in [5.41, 5.74) is 17.2. The molecule has 2 heteroatoms. The highest BCUT2D eigenvalue weighted by Gasteiger charge is 2.35. The van der Waals surface area contributed by atoms with E-state index in [-0.39, 0.29) is 5.41 Å². The van der Waals surface area contributed by atoms with Crippen molar-refractivity contribution in [1.82, 2.24) is 9.97 Å². The molecule has 2 heterocycles. The van der Waals surface area contributed by atoms with Crippen LogP contribution in [0.5, 0.6) is 0 Å². The van der Waals surface area contributed by atoms with Crippen molar-refractivity contribution in [2.75, 3.05) is 0 Å². The van der Waals surface area contributed by atoms with Gasteiger partial charge in [-0.3, -0.25) is 9.97 Å². The largest absolute Gasteiger partial charge is 0.253 e. The number of rotatable bonds is 3. The predicted molar refractivity (Wildman–Crippen MR) is 188 cm³/mol. The van der Waals surface area contributed by atoms with Crippen molar-refractivity contribution in [3.63, 3.8) is 0 Å². The third-order valence-corrected chi connectivity index (χ3v) is 9.97. The Labute approximate surface area is 263 Å². The number of nitrogens with zero attached hydrogens (tertiary/aromatic N) is 2. The van der Waals surface area contributed by atoms with Crippen LogP contribution in [0.1, 0.15) is 42.5 Å². The van der Waals surface area contributed by atoms with Crippen LogP contribution in [0.2, 0.25) is 0 Å². The molecule has 2 nitrogen and oxygen atoms in total. The van der Waals surface area contributed by atoms with E-state index in [0.717, 1.165) is 45.8 Å². The molecule has 2 aliphatic rings. The van der Waals surface area contributed by atoms with Crippen molar-refractivity contribution in [2.24, 2.45) is 0 Å². The van der Waals surface area contributed by atoms with E-state index in [9.17, 15) is 0 Å². The van der Waals surface area contributed by atoms with E-state index in [4.69, 9.17) is 9.97 Å². The Morgan fingerprint density at radius 2 is 1.22 bits per heavy atom. The van der Waals surface area contributed by atoms with Crippen LogP contribution in [0.3, 0.4) is 0 Å². The summed E-state index contributed by atoms with van der Waals surface area (Å²) in [4.78, 5) is 10.1. The minimum absolute atomic E-state index is 0.0286. The zero-order valence-corrected chi connectivity index (χ0v) is 25.5. The average Bonchev–Trinajstić information content (AvgIpc) is 3.33. The molecule has 0 aliphatic heterocycles. The highest BCUT2D eigenvalue weighted by Crippen LogP contribution is 2.49. The van der Waals surface area contributed by atoms with Gasteiger partial charge in [0, 0.05) is 39.7 Å². The molecule has 0 amide bonds. The van der Waals surface area contributed by atoms with Crippen molar-refractivity contribution in [2.45, 2.75) is 32.1 Å². The molecule has 0 atom stereocenters. The molecule has 45 heavy (non-hydrogen) atoms. The van der Waals surface area contributed by atoms with Crippen LogP contribution >= 0.6 is 0 Å². The van der Waals surface area contributed by atoms with Gasteiger partial charge in [0.05, 0.1) is 11.0 Å². The summed E-state index contributed by atoms with van der Waals surface area (Å²) in [6.45, 7) is 4.66. The van der Waals surface area contributed by atoms with Gasteiger partial charge < -0.3 is 0 Å². The molecule has 9 rings (SSSR count). The van der Waals surface area contributed by atoms with Gasteiger partial charge in [0.25, 0.3) is 0 Å². The number of hydrogen-bond donors (Lipinski definition) is 0. The van der Waals surface area contributed by atoms with Gasteiger partial charge in [0.15, 0.2) is 0 Å². The van der Waals surface area contributed by atoms with Gasteiger partial charge in [-0.2, -0.15) is 0 Å². The number of allylic oxidation sites excluding steroid dienone is 1. The average molecular weight is 577 g/mol. The Hall–Kier alpha value is -5.34. The molecule has 2 aromatic heterocycles. The Bertz CT molecular complexity index is 2340. The highest BCUT2D eigenvalue weighted by atomic mass is 14.7. The first-order valence-electron chi connectivity index (χ1n) is 15.9. The van der Waals surface area contributed by atoms with E-state index in [1.165, 1.54) is 55.6 Å². The van der Waals surface area contributed by atoms with Crippen molar-refractivity contribution in [3.05, 3.63) is 150 Å². The molecule has 0 saturated carbocycles. The molecular weight excluding hydrogens is 544 g/mol. The molecule has 0 N–H and O–H groups in total. The fourth-order valence-electron chi connectivity index (χ4n) is 7.56. The van der Waals surface area contributed by atoms with E-state index < -0.39 is 0 Å². The number of fused-ring (bicyclic) bond motifs is 7. The minimum Gasteiger partial charge on any atom is -0.253 e. The van der Waals surface area contributed by atoms with Gasteiger partial charge >= 0.3 is 0 Å². The topological polar surface area (TPSA) is 25.8 Å². The van der Waals surface area contributed by atoms with Gasteiger partial charge in [0.2, 0.25) is 0 Å². The predicted octanol–water partition coefficient (Wildman–Crippen LogP) is 11.0. The monoisotopic (exact) mass is 576 g/mol. The first-order chi connectivity index (χ1) is 22.0. The first-order valence-corrected chi connectivity index (χ1v) is 15.9. The maximum absolute atomic E-state index is 5.05. The molecule has 214 valence electrons. The smallest absolute Gasteiger partial charge is 0.0965 e. The second-order valence-electron chi connectivity index (χ2n) is 13.0. The number of pyridine rings is 2. The van der Waals surface area contributed by atoms with Crippen LogP contribution in [0.15, 0.2) is 128 Å². The van der Waals surface area contributed by atoms with Gasteiger partial charge in [0.1, 0.15) is 0 Å². The quantitative estimate of drug-likeness (QED) is 0.196. The molecular formula is C43H32N2. The first kappa shape index (κ1) is 26.1. The summed E-state index contributed by atoms with van der Waals surface area (Å²) < 4.78 is 0. The second kappa shape index (κ2) is 9.84. The van der Waals surface area contributed by atoms with E-state index in [1.807, 2.05) is 12.4 Å². The SMILES string of the molecule is CC1(C)c2ccccc2-c2ccc(-c3cnc4c(ccc5cc(-c6cc7c(cc6-c6ccccc6)C=CCC7)cnc54)c3)cc21. The van der Waals surface area contributed by atoms with E-state index in [2.05, 4.69) is 135 Å². The van der Waals surface area contributed by atoms with E-state index in [0.29, 0.717) is 0 Å². The second-order valence-corrected chi connectivity index (χ2v) is 13.0. The molecule has 7 aromatic rings. The molecule has 5 aromatic carbocycles. The van der Waals surface area contributed by atoms with E-state index >= 15 is 0 Å². The fraction of sp³-hybridized carbons (Fsp3) is 0.116. The normalized spacial score (nSPS) is 14.4. The Morgan fingerprint density at radius 3 is 2.04 bits per heavy atom. The van der Waals surface area contributed by atoms with Crippen molar-refractivity contribution in [3.8, 4) is 44.5 Å². The molecule has 0 fully saturated rings. The lowest BCUT2D eigenvalue weighted by molar-refractivity contribution is 0.660. The summed E-state index contributed by atoms with van der Waals surface area (Å²) in [7, 11) is 0. The van der Waals surface area contributed by atoms with Crippen LogP contribution in [0, 0.1) is 0 Å². The molecule has 0 spiro atoms. The van der Waals surface area contributed by atoms with Crippen LogP contribution in [-0.2, 0) is 11.8 Å². The summed E-state index contributed by atoms with van der Waals surface area (Å²) in [6.07, 6.45) is 10.7. The third-order valence-electron chi connectivity index (χ3n) is 9.97. The van der Waals surface area contributed by atoms with Crippen LogP contribution < -0.4 is 0 Å². The maximum Gasteiger partial charge on any atom is 0.0965 e. The van der Waals surface area contributed by atoms with E-state index in [1.54, 1.807) is 0 Å². The molecule has 2 aliphatic carbocycles. The number of aromatic nitrogens is 2. The zero-order valence-electron chi connectivity index (χ0n) is 25.5. The van der Waals surface area contributed by atoms with Crippen molar-refractivity contribution >= 4 is 27.9 Å². The number of hydrogen-bond acceptors (Lipinski definition) is 2. The summed E-state index contributed by atoms with van der Waals surface area (Å²) in [5.74, 6) is 0. The number of benzene rings is 5. The Morgan fingerprint density at radius 1 is 0.533 bits per heavy atom. The lowest BCUT2D eigenvalue weighted by Crippen LogP contribution is -2.14. The van der Waals surface area contributed by atoms with Crippen LogP contribution in [-0.4, -0.2) is 9.97 Å². The number of aryl methyl sites for hydroxylation is 1. The molecule has 0 unspecified atom stereocenters. The van der Waals surface area contributed by atoms with Crippen molar-refractivity contribution < 1.29 is 0 Å². The van der Waals surface area contributed by atoms with Crippen molar-refractivity contribution in [1.29, 1.82) is 0 Å². The molecule has 0 bridgehead atoms. The molecule has 0 saturated heterocycles. The Kier molecular flexibility index (Phi) is 5.70. The van der Waals surface area contributed by atoms with Crippen LogP contribution in [0.4, 0.5) is 0 Å². The highest BCUT2D eigenvalue weighted by molar-refractivity contribution is 6.05. The van der Waals surface area contributed by atoms with Gasteiger partial charge in [-0.25, -0.2) is 0 Å². The summed E-state index contributed by atoms with van der Waals surface area (Å²) >= 11 is 0. The van der Waals surface area contributed by atoms with Crippen LogP contribution in [0.25, 0.3) is 72.4 Å². The zero-order chi connectivity index (χ0) is 30.1. The lowest BCUT2D eigenvalue weighted by Gasteiger charge is -2.22. The Balaban J connectivity index is 1.13. The lowest BCUT2D eigenvalue weighted by atomic mass is 9.81. The minimum atomic E-state index is -0.0286. The summed E-state index contributed by atoms with van der Waals surface area (Å²) in [5, 5.41) is 2.21. The third kappa shape index (κ3) is 4.09. The molecule has 0 radical (unpaired) electrons. The van der Waals surface area contributed by atoms with Gasteiger partial charge in [-0.15, -0.1) is 0 Å². The standard InChI is InChI=1S/C43H32N2/c1-43(2)39-15-9-8-14-35(39)36-19-18-30(24-40(36)43)33-20-31-16-17-32-21-34(26-45-42(32)41(31)44-25-33)38-23-29-13-7-6-12-28(29)22-37(38)27-10-4-3-5-11-27/h3-6,8-12,14-26H,7,13H2,1-2H3.